The van der Waals surface area contributed by atoms with Gasteiger partial charge >= 0.3 is 0 Å². The smallest absolute Gasteiger partial charge is 0.0594 e. The van der Waals surface area contributed by atoms with Gasteiger partial charge in [0.2, 0.25) is 0 Å². The van der Waals surface area contributed by atoms with Gasteiger partial charge in [0, 0.05) is 56.6 Å². The van der Waals surface area contributed by atoms with E-state index in [2.05, 4.69) is 28.2 Å². The molecule has 0 aromatic carbocycles. The molecule has 2 saturated heterocycles. The van der Waals surface area contributed by atoms with Gasteiger partial charge in [0.1, 0.15) is 0 Å². The molecule has 2 fully saturated rings. The molecule has 3 atom stereocenters. The van der Waals surface area contributed by atoms with Gasteiger partial charge in [-0.2, -0.15) is 0 Å². The Kier molecular flexibility index (Phi) is 5.78. The zero-order valence-corrected chi connectivity index (χ0v) is 13.4. The average molecular weight is 305 g/mol. The zero-order chi connectivity index (χ0) is 15.2. The van der Waals surface area contributed by atoms with Gasteiger partial charge in [0.15, 0.2) is 0 Å². The van der Waals surface area contributed by atoms with E-state index in [0.29, 0.717) is 18.0 Å². The maximum atomic E-state index is 5.62. The van der Waals surface area contributed by atoms with Crippen molar-refractivity contribution in [1.29, 1.82) is 0 Å². The Hall–Kier alpha value is -1.01. The lowest BCUT2D eigenvalue weighted by Crippen LogP contribution is -2.51. The number of ether oxygens (including phenoxy) is 2. The van der Waals surface area contributed by atoms with Crippen LogP contribution < -0.4 is 5.32 Å². The molecule has 1 N–H and O–H groups in total. The van der Waals surface area contributed by atoms with E-state index < -0.39 is 0 Å². The van der Waals surface area contributed by atoms with E-state index in [1.165, 1.54) is 12.0 Å². The fourth-order valence-corrected chi connectivity index (χ4v) is 3.41. The second-order valence-electron chi connectivity index (χ2n) is 6.26. The van der Waals surface area contributed by atoms with E-state index >= 15 is 0 Å². The van der Waals surface area contributed by atoms with Crippen LogP contribution in [0.25, 0.3) is 0 Å². The first-order chi connectivity index (χ1) is 10.8. The summed E-state index contributed by atoms with van der Waals surface area (Å²) >= 11 is 0. The summed E-state index contributed by atoms with van der Waals surface area (Å²) in [5.74, 6) is 0.631. The minimum Gasteiger partial charge on any atom is -0.381 e. The number of hydrogen-bond donors (Lipinski definition) is 1. The Bertz CT molecular complexity index is 431. The molecule has 0 radical (unpaired) electrons. The molecule has 0 unspecified atom stereocenters. The molecule has 22 heavy (non-hydrogen) atoms. The number of pyridine rings is 1. The van der Waals surface area contributed by atoms with Crippen LogP contribution in [-0.2, 0) is 9.47 Å². The lowest BCUT2D eigenvalue weighted by molar-refractivity contribution is 0.000911. The number of aromatic nitrogens is 1. The van der Waals surface area contributed by atoms with E-state index in [-0.39, 0.29) is 0 Å². The van der Waals surface area contributed by atoms with Crippen molar-refractivity contribution in [2.24, 2.45) is 5.92 Å². The highest BCUT2D eigenvalue weighted by molar-refractivity contribution is 5.12. The Morgan fingerprint density at radius 1 is 1.32 bits per heavy atom. The van der Waals surface area contributed by atoms with Gasteiger partial charge in [-0.3, -0.25) is 9.88 Å². The highest BCUT2D eigenvalue weighted by atomic mass is 16.5. The van der Waals surface area contributed by atoms with Gasteiger partial charge in [0.05, 0.1) is 19.8 Å². The topological polar surface area (TPSA) is 46.6 Å². The molecule has 2 aliphatic heterocycles. The van der Waals surface area contributed by atoms with E-state index in [4.69, 9.17) is 9.47 Å². The third kappa shape index (κ3) is 4.04. The van der Waals surface area contributed by atoms with Crippen molar-refractivity contribution in [2.75, 3.05) is 46.1 Å². The van der Waals surface area contributed by atoms with Crippen molar-refractivity contribution in [3.63, 3.8) is 0 Å². The van der Waals surface area contributed by atoms with Crippen LogP contribution in [0.2, 0.25) is 0 Å². The third-order valence-corrected chi connectivity index (χ3v) is 4.84. The lowest BCUT2D eigenvalue weighted by Gasteiger charge is -2.38. The van der Waals surface area contributed by atoms with Crippen LogP contribution >= 0.6 is 0 Å². The van der Waals surface area contributed by atoms with Crippen molar-refractivity contribution in [2.45, 2.75) is 25.4 Å². The molecule has 1 aromatic rings. The van der Waals surface area contributed by atoms with E-state index in [1.54, 1.807) is 0 Å². The van der Waals surface area contributed by atoms with Crippen molar-refractivity contribution in [3.05, 3.63) is 30.1 Å². The van der Waals surface area contributed by atoms with E-state index in [9.17, 15) is 0 Å². The van der Waals surface area contributed by atoms with Crippen LogP contribution in [-0.4, -0.2) is 62.0 Å². The maximum absolute atomic E-state index is 5.62. The molecule has 1 aromatic heterocycles. The summed E-state index contributed by atoms with van der Waals surface area (Å²) in [6.07, 6.45) is 4.94. The quantitative estimate of drug-likeness (QED) is 0.862. The predicted octanol–water partition coefficient (Wildman–Crippen LogP) is 1.47. The Balaban J connectivity index is 1.59. The first-order valence-corrected chi connectivity index (χ1v) is 8.37. The summed E-state index contributed by atoms with van der Waals surface area (Å²) in [5, 5.41) is 3.70. The van der Waals surface area contributed by atoms with Gasteiger partial charge in [-0.1, -0.05) is 6.07 Å². The van der Waals surface area contributed by atoms with Gasteiger partial charge in [-0.15, -0.1) is 0 Å². The molecular formula is C17H27N3O2. The van der Waals surface area contributed by atoms with Gasteiger partial charge in [-0.05, 0) is 25.0 Å². The summed E-state index contributed by atoms with van der Waals surface area (Å²) in [6, 6.07) is 4.98. The summed E-state index contributed by atoms with van der Waals surface area (Å²) in [6.45, 7) is 8.76. The van der Waals surface area contributed by atoms with Gasteiger partial charge in [-0.25, -0.2) is 0 Å². The molecule has 0 spiro atoms. The van der Waals surface area contributed by atoms with Crippen LogP contribution in [0.15, 0.2) is 24.5 Å². The standard InChI is InChI=1S/C17H27N3O2/c1-14(15-3-2-5-18-11-15)19-12-17(16-4-8-22-13-16)20-6-9-21-10-7-20/h2-3,5,11,14,16-17,19H,4,6-10,12-13H2,1H3/t14-,16-,17-/m0/s1. The predicted molar refractivity (Wildman–Crippen MR) is 85.8 cm³/mol. The summed E-state index contributed by atoms with van der Waals surface area (Å²) in [7, 11) is 0. The Labute approximate surface area is 133 Å². The highest BCUT2D eigenvalue weighted by Gasteiger charge is 2.31. The van der Waals surface area contributed by atoms with E-state index in [1.807, 2.05) is 18.5 Å². The van der Waals surface area contributed by atoms with Crippen LogP contribution in [0.5, 0.6) is 0 Å². The normalized spacial score (nSPS) is 26.0. The van der Waals surface area contributed by atoms with Crippen molar-refractivity contribution in [3.8, 4) is 0 Å². The number of hydrogen-bond acceptors (Lipinski definition) is 5. The van der Waals surface area contributed by atoms with Crippen molar-refractivity contribution >= 4 is 0 Å². The van der Waals surface area contributed by atoms with Gasteiger partial charge in [0.25, 0.3) is 0 Å². The monoisotopic (exact) mass is 305 g/mol. The van der Waals surface area contributed by atoms with Gasteiger partial charge < -0.3 is 14.8 Å². The number of nitrogens with zero attached hydrogens (tertiary/aromatic N) is 2. The highest BCUT2D eigenvalue weighted by Crippen LogP contribution is 2.22. The SMILES string of the molecule is C[C@H](NC[C@@H]([C@H]1CCOC1)N1CCOCC1)c1cccnc1. The molecule has 0 aliphatic carbocycles. The maximum Gasteiger partial charge on any atom is 0.0594 e. The molecule has 0 saturated carbocycles. The Morgan fingerprint density at radius 3 is 2.86 bits per heavy atom. The second kappa shape index (κ2) is 8.02. The first-order valence-electron chi connectivity index (χ1n) is 8.37. The molecule has 3 rings (SSSR count). The molecule has 0 bridgehead atoms. The number of nitrogens with one attached hydrogen (secondary N) is 1. The molecule has 3 heterocycles. The summed E-state index contributed by atoms with van der Waals surface area (Å²) in [4.78, 5) is 6.79. The summed E-state index contributed by atoms with van der Waals surface area (Å²) in [5.41, 5.74) is 1.24. The Morgan fingerprint density at radius 2 is 2.18 bits per heavy atom. The molecule has 2 aliphatic rings. The molecule has 0 amide bonds. The van der Waals surface area contributed by atoms with Crippen molar-refractivity contribution < 1.29 is 9.47 Å². The fraction of sp³-hybridized carbons (Fsp3) is 0.706. The zero-order valence-electron chi connectivity index (χ0n) is 13.4. The largest absolute Gasteiger partial charge is 0.381 e. The fourth-order valence-electron chi connectivity index (χ4n) is 3.41. The number of rotatable bonds is 6. The molecule has 5 heteroatoms. The number of morpholine rings is 1. The molecular weight excluding hydrogens is 278 g/mol. The molecule has 5 nitrogen and oxygen atoms in total. The average Bonchev–Trinajstić information content (AvgIpc) is 3.11. The lowest BCUT2D eigenvalue weighted by atomic mass is 9.96. The first kappa shape index (κ1) is 15.9. The van der Waals surface area contributed by atoms with E-state index in [0.717, 1.165) is 46.1 Å². The van der Waals surface area contributed by atoms with Crippen LogP contribution in [0.3, 0.4) is 0 Å². The summed E-state index contributed by atoms with van der Waals surface area (Å²) < 4.78 is 11.1. The van der Waals surface area contributed by atoms with Crippen LogP contribution in [0, 0.1) is 5.92 Å². The third-order valence-electron chi connectivity index (χ3n) is 4.84. The van der Waals surface area contributed by atoms with Crippen LogP contribution in [0.1, 0.15) is 24.9 Å². The van der Waals surface area contributed by atoms with Crippen LogP contribution in [0.4, 0.5) is 0 Å². The second-order valence-corrected chi connectivity index (χ2v) is 6.26. The molecule has 122 valence electrons. The van der Waals surface area contributed by atoms with Crippen molar-refractivity contribution in [1.82, 2.24) is 15.2 Å². The minimum absolute atomic E-state index is 0.319. The minimum atomic E-state index is 0.319.